The van der Waals surface area contributed by atoms with Gasteiger partial charge < -0.3 is 4.74 Å². The summed E-state index contributed by atoms with van der Waals surface area (Å²) >= 11 is 3.86. The molecule has 0 spiro atoms. The third-order valence-corrected chi connectivity index (χ3v) is 5.14. The highest BCUT2D eigenvalue weighted by atomic mass is 79.9. The van der Waals surface area contributed by atoms with Crippen molar-refractivity contribution < 1.29 is 4.74 Å². The van der Waals surface area contributed by atoms with E-state index in [1.807, 2.05) is 6.07 Å². The zero-order chi connectivity index (χ0) is 14.7. The summed E-state index contributed by atoms with van der Waals surface area (Å²) in [6, 6.07) is 15.3. The molecular formula is C19H21BrO. The number of rotatable bonds is 4. The number of halogens is 1. The maximum atomic E-state index is 5.30. The fourth-order valence-corrected chi connectivity index (χ4v) is 3.73. The van der Waals surface area contributed by atoms with E-state index in [1.165, 1.54) is 36.8 Å². The molecule has 0 saturated carbocycles. The van der Waals surface area contributed by atoms with Crippen LogP contribution in [0.4, 0.5) is 0 Å². The molecule has 2 aromatic carbocycles. The molecule has 1 aliphatic carbocycles. The first-order chi connectivity index (χ1) is 10.3. The van der Waals surface area contributed by atoms with Gasteiger partial charge in [-0.3, -0.25) is 0 Å². The Morgan fingerprint density at radius 1 is 1.05 bits per heavy atom. The lowest BCUT2D eigenvalue weighted by Gasteiger charge is -2.18. The van der Waals surface area contributed by atoms with E-state index in [9.17, 15) is 0 Å². The van der Waals surface area contributed by atoms with Crippen LogP contribution in [0.25, 0.3) is 0 Å². The molecule has 1 nitrogen and oxygen atoms in total. The minimum absolute atomic E-state index is 0.358. The van der Waals surface area contributed by atoms with Crippen molar-refractivity contribution in [2.75, 3.05) is 7.11 Å². The number of alkyl halides is 1. The molecule has 3 rings (SSSR count). The lowest BCUT2D eigenvalue weighted by Crippen LogP contribution is -2.04. The van der Waals surface area contributed by atoms with Crippen molar-refractivity contribution in [1.29, 1.82) is 0 Å². The van der Waals surface area contributed by atoms with Crippen LogP contribution in [0.5, 0.6) is 5.75 Å². The van der Waals surface area contributed by atoms with Gasteiger partial charge in [-0.1, -0.05) is 46.3 Å². The number of fused-ring (bicyclic) bond motifs is 1. The normalized spacial score (nSPS) is 15.3. The summed E-state index contributed by atoms with van der Waals surface area (Å²) in [6.45, 7) is 0. The van der Waals surface area contributed by atoms with Gasteiger partial charge in [-0.25, -0.2) is 0 Å². The zero-order valence-electron chi connectivity index (χ0n) is 12.4. The van der Waals surface area contributed by atoms with Gasteiger partial charge in [0.1, 0.15) is 5.75 Å². The van der Waals surface area contributed by atoms with Gasteiger partial charge in [-0.05, 0) is 66.5 Å². The maximum Gasteiger partial charge on any atom is 0.119 e. The number of hydrogen-bond donors (Lipinski definition) is 0. The number of aryl methyl sites for hydroxylation is 2. The number of benzene rings is 2. The van der Waals surface area contributed by atoms with Crippen LogP contribution < -0.4 is 4.74 Å². The van der Waals surface area contributed by atoms with Gasteiger partial charge in [-0.2, -0.15) is 0 Å². The van der Waals surface area contributed by atoms with Crippen LogP contribution in [0.15, 0.2) is 42.5 Å². The highest BCUT2D eigenvalue weighted by Gasteiger charge is 2.14. The smallest absolute Gasteiger partial charge is 0.119 e. The highest BCUT2D eigenvalue weighted by molar-refractivity contribution is 9.09. The van der Waals surface area contributed by atoms with E-state index >= 15 is 0 Å². The van der Waals surface area contributed by atoms with Crippen LogP contribution in [-0.4, -0.2) is 7.11 Å². The molecule has 21 heavy (non-hydrogen) atoms. The summed E-state index contributed by atoms with van der Waals surface area (Å²) < 4.78 is 5.30. The van der Waals surface area contributed by atoms with Gasteiger partial charge in [0.2, 0.25) is 0 Å². The third-order valence-electron chi connectivity index (χ3n) is 4.28. The SMILES string of the molecule is COc1cccc(CC(Br)c2ccc3c(c2)CCCC3)c1. The Bertz CT molecular complexity index is 621. The summed E-state index contributed by atoms with van der Waals surface area (Å²) in [6.07, 6.45) is 6.14. The summed E-state index contributed by atoms with van der Waals surface area (Å²) in [5, 5.41) is 0. The van der Waals surface area contributed by atoms with Gasteiger partial charge in [0.05, 0.1) is 7.11 Å². The monoisotopic (exact) mass is 344 g/mol. The van der Waals surface area contributed by atoms with Gasteiger partial charge in [0.25, 0.3) is 0 Å². The van der Waals surface area contributed by atoms with Crippen LogP contribution in [0, 0.1) is 0 Å². The molecule has 0 aliphatic heterocycles. The maximum absolute atomic E-state index is 5.30. The third kappa shape index (κ3) is 3.49. The van der Waals surface area contributed by atoms with E-state index in [0.29, 0.717) is 4.83 Å². The average molecular weight is 345 g/mol. The molecule has 2 aromatic rings. The van der Waals surface area contributed by atoms with E-state index < -0.39 is 0 Å². The summed E-state index contributed by atoms with van der Waals surface area (Å²) in [5.74, 6) is 0.928. The van der Waals surface area contributed by atoms with E-state index in [-0.39, 0.29) is 0 Å². The molecule has 0 radical (unpaired) electrons. The van der Waals surface area contributed by atoms with E-state index in [4.69, 9.17) is 4.74 Å². The van der Waals surface area contributed by atoms with Gasteiger partial charge in [-0.15, -0.1) is 0 Å². The van der Waals surface area contributed by atoms with Gasteiger partial charge in [0, 0.05) is 4.83 Å². The van der Waals surface area contributed by atoms with E-state index in [2.05, 4.69) is 52.3 Å². The second-order valence-corrected chi connectivity index (χ2v) is 6.86. The topological polar surface area (TPSA) is 9.23 Å². The molecule has 1 atom stereocenters. The molecule has 0 aromatic heterocycles. The molecule has 1 aliphatic rings. The van der Waals surface area contributed by atoms with Crippen molar-refractivity contribution >= 4 is 15.9 Å². The molecule has 2 heteroatoms. The predicted molar refractivity (Wildman–Crippen MR) is 91.5 cm³/mol. The number of methoxy groups -OCH3 is 1. The van der Waals surface area contributed by atoms with Crippen molar-refractivity contribution in [3.63, 3.8) is 0 Å². The minimum Gasteiger partial charge on any atom is -0.497 e. The predicted octanol–water partition coefficient (Wildman–Crippen LogP) is 5.25. The fraction of sp³-hybridized carbons (Fsp3) is 0.368. The minimum atomic E-state index is 0.358. The molecule has 0 heterocycles. The van der Waals surface area contributed by atoms with Crippen molar-refractivity contribution in [2.24, 2.45) is 0 Å². The van der Waals surface area contributed by atoms with Crippen molar-refractivity contribution in [3.8, 4) is 5.75 Å². The van der Waals surface area contributed by atoms with Crippen LogP contribution in [0.3, 0.4) is 0 Å². The molecular weight excluding hydrogens is 324 g/mol. The van der Waals surface area contributed by atoms with Crippen LogP contribution in [-0.2, 0) is 19.3 Å². The zero-order valence-corrected chi connectivity index (χ0v) is 14.0. The Morgan fingerprint density at radius 3 is 2.67 bits per heavy atom. The molecule has 0 saturated heterocycles. The first-order valence-electron chi connectivity index (χ1n) is 7.65. The second-order valence-electron chi connectivity index (χ2n) is 5.76. The number of ether oxygens (including phenoxy) is 1. The quantitative estimate of drug-likeness (QED) is 0.688. The summed E-state index contributed by atoms with van der Waals surface area (Å²) in [4.78, 5) is 0.358. The molecule has 1 unspecified atom stereocenters. The summed E-state index contributed by atoms with van der Waals surface area (Å²) in [7, 11) is 1.72. The van der Waals surface area contributed by atoms with E-state index in [0.717, 1.165) is 12.2 Å². The molecule has 0 amide bonds. The Labute approximate surface area is 135 Å². The van der Waals surface area contributed by atoms with Crippen LogP contribution in [0.1, 0.15) is 39.9 Å². The lowest BCUT2D eigenvalue weighted by atomic mass is 9.89. The van der Waals surface area contributed by atoms with Crippen LogP contribution >= 0.6 is 15.9 Å². The van der Waals surface area contributed by atoms with Gasteiger partial charge in [0.15, 0.2) is 0 Å². The fourth-order valence-electron chi connectivity index (χ4n) is 3.07. The van der Waals surface area contributed by atoms with Crippen LogP contribution in [0.2, 0.25) is 0 Å². The Morgan fingerprint density at radius 2 is 1.86 bits per heavy atom. The van der Waals surface area contributed by atoms with Crippen molar-refractivity contribution in [3.05, 3.63) is 64.7 Å². The molecule has 0 bridgehead atoms. The molecule has 0 fully saturated rings. The van der Waals surface area contributed by atoms with Crippen molar-refractivity contribution in [2.45, 2.75) is 36.9 Å². The van der Waals surface area contributed by atoms with Gasteiger partial charge >= 0.3 is 0 Å². The largest absolute Gasteiger partial charge is 0.497 e. The second kappa shape index (κ2) is 6.65. The molecule has 110 valence electrons. The Balaban J connectivity index is 1.76. The Hall–Kier alpha value is -1.28. The highest BCUT2D eigenvalue weighted by Crippen LogP contribution is 2.31. The summed E-state index contributed by atoms with van der Waals surface area (Å²) in [5.41, 5.74) is 5.78. The standard InChI is InChI=1S/C19H21BrO/c1-21-18-8-4-5-14(11-18)12-19(20)17-10-9-15-6-2-3-7-16(15)13-17/h4-5,8-11,13,19H,2-3,6-7,12H2,1H3. The van der Waals surface area contributed by atoms with Crippen molar-refractivity contribution in [1.82, 2.24) is 0 Å². The van der Waals surface area contributed by atoms with E-state index in [1.54, 1.807) is 18.2 Å². The Kier molecular flexibility index (Phi) is 4.64. The average Bonchev–Trinajstić information content (AvgIpc) is 2.54. The number of hydrogen-bond acceptors (Lipinski definition) is 1. The lowest BCUT2D eigenvalue weighted by molar-refractivity contribution is 0.414. The molecule has 0 N–H and O–H groups in total. The first-order valence-corrected chi connectivity index (χ1v) is 8.56. The first kappa shape index (κ1) is 14.6.